The lowest BCUT2D eigenvalue weighted by Gasteiger charge is -2.34. The number of nitrogens with zero attached hydrogens (tertiary/aromatic N) is 1. The molecular weight excluding hydrogens is 338 g/mol. The molecule has 0 radical (unpaired) electrons. The zero-order valence-electron chi connectivity index (χ0n) is 13.0. The summed E-state index contributed by atoms with van der Waals surface area (Å²) in [6.07, 6.45) is 0. The van der Waals surface area contributed by atoms with Crippen LogP contribution in [0.5, 0.6) is 0 Å². The van der Waals surface area contributed by atoms with Crippen molar-refractivity contribution in [1.29, 1.82) is 0 Å². The van der Waals surface area contributed by atoms with Crippen molar-refractivity contribution >= 4 is 19.7 Å². The molecule has 6 nitrogen and oxygen atoms in total. The molecule has 8 heteroatoms. The summed E-state index contributed by atoms with van der Waals surface area (Å²) in [4.78, 5) is 2.15. The number of benzene rings is 1. The molecule has 128 valence electrons. The van der Waals surface area contributed by atoms with E-state index in [2.05, 4.69) is 0 Å². The summed E-state index contributed by atoms with van der Waals surface area (Å²) in [5.74, 6) is -0.395. The fraction of sp³-hybridized carbons (Fsp3) is 0.600. The molecule has 2 atom stereocenters. The molecule has 1 aromatic carbocycles. The molecule has 2 aliphatic rings. The molecule has 0 N–H and O–H groups in total. The lowest BCUT2D eigenvalue weighted by atomic mass is 10.2. The summed E-state index contributed by atoms with van der Waals surface area (Å²) in [7, 11) is -7.04. The Hall–Kier alpha value is -0.960. The molecule has 0 aliphatic carbocycles. The molecule has 0 unspecified atom stereocenters. The van der Waals surface area contributed by atoms with E-state index in [1.165, 1.54) is 0 Å². The predicted octanol–water partition coefficient (Wildman–Crippen LogP) is 0.267. The van der Waals surface area contributed by atoms with Crippen LogP contribution in [0.4, 0.5) is 0 Å². The van der Waals surface area contributed by atoms with Gasteiger partial charge in [-0.2, -0.15) is 0 Å². The minimum absolute atomic E-state index is 0.0945. The van der Waals surface area contributed by atoms with Gasteiger partial charge in [0.2, 0.25) is 0 Å². The minimum atomic E-state index is -3.69. The van der Waals surface area contributed by atoms with Gasteiger partial charge >= 0.3 is 0 Å². The number of aryl methyl sites for hydroxylation is 1. The summed E-state index contributed by atoms with van der Waals surface area (Å²) < 4.78 is 55.4. The van der Waals surface area contributed by atoms with Crippen LogP contribution < -0.4 is 0 Å². The van der Waals surface area contributed by atoms with E-state index in [9.17, 15) is 16.8 Å². The van der Waals surface area contributed by atoms with Gasteiger partial charge in [0.1, 0.15) is 0 Å². The summed E-state index contributed by atoms with van der Waals surface area (Å²) in [5, 5.41) is -0.909. The van der Waals surface area contributed by atoms with Crippen molar-refractivity contribution in [2.45, 2.75) is 23.1 Å². The summed E-state index contributed by atoms with van der Waals surface area (Å²) in [5.41, 5.74) is 0.965. The Morgan fingerprint density at radius 3 is 2.30 bits per heavy atom. The van der Waals surface area contributed by atoms with Gasteiger partial charge < -0.3 is 4.74 Å². The molecule has 0 amide bonds. The molecule has 2 fully saturated rings. The van der Waals surface area contributed by atoms with Gasteiger partial charge in [-0.25, -0.2) is 16.8 Å². The lowest BCUT2D eigenvalue weighted by molar-refractivity contribution is 0.0222. The van der Waals surface area contributed by atoms with Crippen LogP contribution in [0.3, 0.4) is 0 Å². The molecule has 2 heterocycles. The van der Waals surface area contributed by atoms with E-state index in [1.54, 1.807) is 24.3 Å². The zero-order chi connectivity index (χ0) is 16.7. The third-order valence-corrected chi connectivity index (χ3v) is 8.67. The first-order valence-electron chi connectivity index (χ1n) is 7.62. The van der Waals surface area contributed by atoms with E-state index in [0.29, 0.717) is 26.3 Å². The average molecular weight is 359 g/mol. The second-order valence-electron chi connectivity index (χ2n) is 6.19. The fourth-order valence-corrected chi connectivity index (χ4v) is 8.08. The zero-order valence-corrected chi connectivity index (χ0v) is 14.6. The van der Waals surface area contributed by atoms with Gasteiger partial charge in [-0.3, -0.25) is 4.90 Å². The normalized spacial score (nSPS) is 28.7. The molecule has 2 aliphatic heterocycles. The maximum atomic E-state index is 13.0. The molecule has 0 aromatic heterocycles. The standard InChI is InChI=1S/C15H21NO5S2/c1-12-2-4-13(5-3-12)23(19,20)15-11-22(17,18)10-14(15)16-6-8-21-9-7-16/h2-5,14-15H,6-11H2,1H3/t14-,15+/m0/s1. The number of morpholine rings is 1. The number of sulfone groups is 2. The Balaban J connectivity index is 1.95. The van der Waals surface area contributed by atoms with Crippen molar-refractivity contribution in [3.8, 4) is 0 Å². The Morgan fingerprint density at radius 2 is 1.70 bits per heavy atom. The van der Waals surface area contributed by atoms with Crippen LogP contribution in [-0.2, 0) is 24.4 Å². The van der Waals surface area contributed by atoms with E-state index < -0.39 is 31.0 Å². The van der Waals surface area contributed by atoms with Crippen LogP contribution in [0.1, 0.15) is 5.56 Å². The van der Waals surface area contributed by atoms with Crippen LogP contribution in [0.25, 0.3) is 0 Å². The highest BCUT2D eigenvalue weighted by molar-refractivity contribution is 7.96. The van der Waals surface area contributed by atoms with Crippen molar-refractivity contribution in [2.75, 3.05) is 37.8 Å². The Morgan fingerprint density at radius 1 is 1.09 bits per heavy atom. The first-order valence-corrected chi connectivity index (χ1v) is 11.0. The predicted molar refractivity (Wildman–Crippen MR) is 87.0 cm³/mol. The van der Waals surface area contributed by atoms with E-state index in [0.717, 1.165) is 5.56 Å². The molecule has 3 rings (SSSR count). The maximum absolute atomic E-state index is 13.0. The van der Waals surface area contributed by atoms with Gasteiger partial charge in [0.15, 0.2) is 19.7 Å². The summed E-state index contributed by atoms with van der Waals surface area (Å²) in [6.45, 7) is 4.04. The smallest absolute Gasteiger partial charge is 0.183 e. The van der Waals surface area contributed by atoms with E-state index in [-0.39, 0.29) is 16.4 Å². The van der Waals surface area contributed by atoms with Crippen LogP contribution in [0.15, 0.2) is 29.2 Å². The molecular formula is C15H21NO5S2. The Bertz CT molecular complexity index is 765. The highest BCUT2D eigenvalue weighted by Gasteiger charge is 2.48. The Kier molecular flexibility index (Phi) is 4.52. The maximum Gasteiger partial charge on any atom is 0.183 e. The lowest BCUT2D eigenvalue weighted by Crippen LogP contribution is -2.50. The minimum Gasteiger partial charge on any atom is -0.379 e. The van der Waals surface area contributed by atoms with E-state index in [4.69, 9.17) is 4.74 Å². The van der Waals surface area contributed by atoms with Crippen molar-refractivity contribution in [1.82, 2.24) is 4.90 Å². The molecule has 0 saturated carbocycles. The molecule has 0 bridgehead atoms. The van der Waals surface area contributed by atoms with Crippen LogP contribution in [0.2, 0.25) is 0 Å². The van der Waals surface area contributed by atoms with Crippen molar-refractivity contribution in [3.05, 3.63) is 29.8 Å². The van der Waals surface area contributed by atoms with Crippen molar-refractivity contribution in [2.24, 2.45) is 0 Å². The molecule has 1 aromatic rings. The monoisotopic (exact) mass is 359 g/mol. The van der Waals surface area contributed by atoms with Gasteiger partial charge in [0.05, 0.1) is 34.9 Å². The number of rotatable bonds is 3. The number of ether oxygens (including phenoxy) is 1. The van der Waals surface area contributed by atoms with Gasteiger partial charge in [0.25, 0.3) is 0 Å². The highest BCUT2D eigenvalue weighted by Crippen LogP contribution is 2.29. The third-order valence-electron chi connectivity index (χ3n) is 4.53. The molecule has 2 saturated heterocycles. The topological polar surface area (TPSA) is 80.8 Å². The summed E-state index contributed by atoms with van der Waals surface area (Å²) >= 11 is 0. The SMILES string of the molecule is Cc1ccc(S(=O)(=O)[C@@H]2CS(=O)(=O)C[C@@H]2N2CCOCC2)cc1. The quantitative estimate of drug-likeness (QED) is 0.770. The third kappa shape index (κ3) is 3.45. The van der Waals surface area contributed by atoms with Crippen LogP contribution in [0, 0.1) is 6.92 Å². The average Bonchev–Trinajstić information content (AvgIpc) is 2.85. The van der Waals surface area contributed by atoms with Crippen LogP contribution in [-0.4, -0.2) is 70.8 Å². The molecule has 0 spiro atoms. The van der Waals surface area contributed by atoms with Crippen LogP contribution >= 0.6 is 0 Å². The second kappa shape index (κ2) is 6.16. The first-order chi connectivity index (χ1) is 10.8. The van der Waals surface area contributed by atoms with Gasteiger partial charge in [-0.1, -0.05) is 17.7 Å². The van der Waals surface area contributed by atoms with E-state index >= 15 is 0 Å². The van der Waals surface area contributed by atoms with Crippen molar-refractivity contribution in [3.63, 3.8) is 0 Å². The van der Waals surface area contributed by atoms with Gasteiger partial charge in [0, 0.05) is 19.1 Å². The summed E-state index contributed by atoms with van der Waals surface area (Å²) in [6, 6.07) is 6.10. The first kappa shape index (κ1) is 16.9. The fourth-order valence-electron chi connectivity index (χ4n) is 3.25. The molecule has 23 heavy (non-hydrogen) atoms. The van der Waals surface area contributed by atoms with Crippen molar-refractivity contribution < 1.29 is 21.6 Å². The second-order valence-corrected chi connectivity index (χ2v) is 10.5. The number of hydrogen-bond donors (Lipinski definition) is 0. The highest BCUT2D eigenvalue weighted by atomic mass is 32.2. The largest absolute Gasteiger partial charge is 0.379 e. The van der Waals surface area contributed by atoms with Gasteiger partial charge in [-0.05, 0) is 19.1 Å². The Labute approximate surface area is 137 Å². The van der Waals surface area contributed by atoms with Gasteiger partial charge in [-0.15, -0.1) is 0 Å². The number of hydrogen-bond acceptors (Lipinski definition) is 6. The van der Waals surface area contributed by atoms with E-state index in [1.807, 2.05) is 11.8 Å².